The molecule has 2 rings (SSSR count). The van der Waals surface area contributed by atoms with Gasteiger partial charge >= 0.3 is 0 Å². The van der Waals surface area contributed by atoms with Gasteiger partial charge in [0.25, 0.3) is 0 Å². The lowest BCUT2D eigenvalue weighted by atomic mass is 10.3. The molecule has 7 heteroatoms. The van der Waals surface area contributed by atoms with Gasteiger partial charge < -0.3 is 0 Å². The molecule has 1 saturated carbocycles. The van der Waals surface area contributed by atoms with E-state index in [0.717, 1.165) is 25.0 Å². The summed E-state index contributed by atoms with van der Waals surface area (Å²) in [5.74, 6) is -1.74. The zero-order valence-electron chi connectivity index (χ0n) is 9.44. The number of benzene rings is 1. The molecule has 100 valence electrons. The Balaban J connectivity index is 2.39. The van der Waals surface area contributed by atoms with Crippen molar-refractivity contribution in [3.05, 3.63) is 29.8 Å². The number of sulfonamides is 1. The zero-order valence-corrected chi connectivity index (χ0v) is 11.0. The van der Waals surface area contributed by atoms with E-state index in [1.807, 2.05) is 0 Å². The lowest BCUT2D eigenvalue weighted by Gasteiger charge is -2.21. The predicted molar refractivity (Wildman–Crippen MR) is 64.0 cm³/mol. The van der Waals surface area contributed by atoms with Gasteiger partial charge in [0.05, 0.1) is 0 Å². The van der Waals surface area contributed by atoms with E-state index >= 15 is 0 Å². The first-order valence-electron chi connectivity index (χ1n) is 5.49. The van der Waals surface area contributed by atoms with Crippen LogP contribution in [0.5, 0.6) is 0 Å². The Kier molecular flexibility index (Phi) is 3.89. The van der Waals surface area contributed by atoms with Crippen molar-refractivity contribution in [2.24, 2.45) is 0 Å². The van der Waals surface area contributed by atoms with Crippen molar-refractivity contribution in [3.8, 4) is 0 Å². The number of alkyl halides is 1. The van der Waals surface area contributed by atoms with Crippen LogP contribution in [0, 0.1) is 11.6 Å². The van der Waals surface area contributed by atoms with E-state index in [0.29, 0.717) is 6.07 Å². The van der Waals surface area contributed by atoms with Crippen molar-refractivity contribution in [2.45, 2.75) is 23.8 Å². The topological polar surface area (TPSA) is 37.4 Å². The minimum Gasteiger partial charge on any atom is -0.207 e. The fraction of sp³-hybridized carbons (Fsp3) is 0.455. The number of rotatable bonds is 5. The molecule has 1 aliphatic rings. The molecular weight excluding hydrogens is 284 g/mol. The third-order valence-corrected chi connectivity index (χ3v) is 4.89. The second kappa shape index (κ2) is 5.11. The molecular formula is C11H12ClF2NO2S. The lowest BCUT2D eigenvalue weighted by Crippen LogP contribution is -2.35. The number of nitrogens with zero attached hydrogens (tertiary/aromatic N) is 1. The molecule has 0 saturated heterocycles. The maximum absolute atomic E-state index is 13.6. The summed E-state index contributed by atoms with van der Waals surface area (Å²) in [7, 11) is -3.94. The molecule has 1 aromatic carbocycles. The highest BCUT2D eigenvalue weighted by Gasteiger charge is 2.38. The first kappa shape index (κ1) is 13.7. The normalized spacial score (nSPS) is 16.2. The lowest BCUT2D eigenvalue weighted by molar-refractivity contribution is 0.418. The maximum atomic E-state index is 13.6. The summed E-state index contributed by atoms with van der Waals surface area (Å²) in [5, 5.41) is 0. The predicted octanol–water partition coefficient (Wildman–Crippen LogP) is 2.36. The van der Waals surface area contributed by atoms with E-state index in [1.165, 1.54) is 4.31 Å². The largest absolute Gasteiger partial charge is 0.246 e. The second-order valence-corrected chi connectivity index (χ2v) is 6.35. The quantitative estimate of drug-likeness (QED) is 0.782. The Hall–Kier alpha value is -0.720. The summed E-state index contributed by atoms with van der Waals surface area (Å²) < 4.78 is 52.0. The van der Waals surface area contributed by atoms with Gasteiger partial charge in [0.2, 0.25) is 10.0 Å². The van der Waals surface area contributed by atoms with E-state index < -0.39 is 26.6 Å². The van der Waals surface area contributed by atoms with Crippen LogP contribution in [0.2, 0.25) is 0 Å². The molecule has 18 heavy (non-hydrogen) atoms. The average molecular weight is 296 g/mol. The molecule has 0 radical (unpaired) electrons. The van der Waals surface area contributed by atoms with Gasteiger partial charge in [-0.05, 0) is 25.0 Å². The van der Waals surface area contributed by atoms with Crippen molar-refractivity contribution in [1.82, 2.24) is 4.31 Å². The van der Waals surface area contributed by atoms with Crippen molar-refractivity contribution in [1.29, 1.82) is 0 Å². The molecule has 0 unspecified atom stereocenters. The molecule has 1 fully saturated rings. The molecule has 0 N–H and O–H groups in total. The first-order valence-corrected chi connectivity index (χ1v) is 7.47. The minimum absolute atomic E-state index is 0.113. The minimum atomic E-state index is -3.94. The average Bonchev–Trinajstić information content (AvgIpc) is 3.08. The van der Waals surface area contributed by atoms with Crippen LogP contribution < -0.4 is 0 Å². The Bertz CT molecular complexity index is 546. The van der Waals surface area contributed by atoms with E-state index in [4.69, 9.17) is 11.6 Å². The fourth-order valence-corrected chi connectivity index (χ4v) is 3.77. The Labute approximate surface area is 109 Å². The molecule has 0 bridgehead atoms. The van der Waals surface area contributed by atoms with Crippen molar-refractivity contribution in [3.63, 3.8) is 0 Å². The summed E-state index contributed by atoms with van der Waals surface area (Å²) >= 11 is 5.57. The van der Waals surface area contributed by atoms with Gasteiger partial charge in [-0.2, -0.15) is 4.31 Å². The maximum Gasteiger partial charge on any atom is 0.246 e. The summed E-state index contributed by atoms with van der Waals surface area (Å²) in [4.78, 5) is -0.499. The van der Waals surface area contributed by atoms with Crippen molar-refractivity contribution < 1.29 is 17.2 Å². The number of hydrogen-bond acceptors (Lipinski definition) is 2. The first-order chi connectivity index (χ1) is 8.46. The smallest absolute Gasteiger partial charge is 0.207 e. The zero-order chi connectivity index (χ0) is 13.3. The van der Waals surface area contributed by atoms with Crippen molar-refractivity contribution >= 4 is 21.6 Å². The highest BCUT2D eigenvalue weighted by Crippen LogP contribution is 2.32. The van der Waals surface area contributed by atoms with Crippen LogP contribution in [0.3, 0.4) is 0 Å². The third-order valence-electron chi connectivity index (χ3n) is 2.74. The molecule has 0 amide bonds. The molecule has 0 aliphatic heterocycles. The summed E-state index contributed by atoms with van der Waals surface area (Å²) in [6.07, 6.45) is 1.50. The Morgan fingerprint density at radius 2 is 2.00 bits per heavy atom. The summed E-state index contributed by atoms with van der Waals surface area (Å²) in [5.41, 5.74) is 0. The highest BCUT2D eigenvalue weighted by molar-refractivity contribution is 7.89. The van der Waals surface area contributed by atoms with Gasteiger partial charge in [0.15, 0.2) is 0 Å². The number of hydrogen-bond donors (Lipinski definition) is 0. The van der Waals surface area contributed by atoms with E-state index in [2.05, 4.69) is 0 Å². The fourth-order valence-electron chi connectivity index (χ4n) is 1.76. The van der Waals surface area contributed by atoms with Gasteiger partial charge in [-0.15, -0.1) is 11.6 Å². The highest BCUT2D eigenvalue weighted by atomic mass is 35.5. The van der Waals surface area contributed by atoms with Gasteiger partial charge in [-0.3, -0.25) is 0 Å². The Morgan fingerprint density at radius 1 is 1.33 bits per heavy atom. The molecule has 0 atom stereocenters. The van der Waals surface area contributed by atoms with Gasteiger partial charge in [0, 0.05) is 24.5 Å². The van der Waals surface area contributed by atoms with E-state index in [9.17, 15) is 17.2 Å². The van der Waals surface area contributed by atoms with Gasteiger partial charge in [-0.25, -0.2) is 17.2 Å². The monoisotopic (exact) mass is 295 g/mol. The summed E-state index contributed by atoms with van der Waals surface area (Å²) in [6, 6.07) is 2.34. The van der Waals surface area contributed by atoms with E-state index in [1.54, 1.807) is 0 Å². The van der Waals surface area contributed by atoms with Crippen LogP contribution in [-0.4, -0.2) is 31.2 Å². The molecule has 3 nitrogen and oxygen atoms in total. The van der Waals surface area contributed by atoms with E-state index in [-0.39, 0.29) is 18.5 Å². The van der Waals surface area contributed by atoms with Gasteiger partial charge in [0.1, 0.15) is 16.5 Å². The van der Waals surface area contributed by atoms with Crippen LogP contribution in [0.15, 0.2) is 23.1 Å². The molecule has 0 heterocycles. The van der Waals surface area contributed by atoms with Crippen LogP contribution in [0.1, 0.15) is 12.8 Å². The SMILES string of the molecule is O=S(=O)(c1ccc(F)cc1F)N(CCCl)C1CC1. The molecule has 0 aromatic heterocycles. The third kappa shape index (κ3) is 2.65. The van der Waals surface area contributed by atoms with Gasteiger partial charge in [-0.1, -0.05) is 0 Å². The van der Waals surface area contributed by atoms with Crippen LogP contribution in [0.4, 0.5) is 8.78 Å². The second-order valence-electron chi connectivity index (χ2n) is 4.11. The molecule has 0 spiro atoms. The van der Waals surface area contributed by atoms with Crippen LogP contribution in [-0.2, 0) is 10.0 Å². The Morgan fingerprint density at radius 3 is 2.50 bits per heavy atom. The number of halogens is 3. The molecule has 1 aromatic rings. The standard InChI is InChI=1S/C11H12ClF2NO2S/c12-5-6-15(9-2-3-9)18(16,17)11-4-1-8(13)7-10(11)14/h1,4,7,9H,2-3,5-6H2. The van der Waals surface area contributed by atoms with Crippen molar-refractivity contribution in [2.75, 3.05) is 12.4 Å². The van der Waals surface area contributed by atoms with Crippen LogP contribution in [0.25, 0.3) is 0 Å². The molecule has 1 aliphatic carbocycles. The van der Waals surface area contributed by atoms with Crippen LogP contribution >= 0.6 is 11.6 Å². The summed E-state index contributed by atoms with van der Waals surface area (Å²) in [6.45, 7) is 0.130.